The van der Waals surface area contributed by atoms with Crippen LogP contribution >= 0.6 is 0 Å². The predicted molar refractivity (Wildman–Crippen MR) is 61.5 cm³/mol. The number of nitrogens with zero attached hydrogens (tertiary/aromatic N) is 1. The Morgan fingerprint density at radius 2 is 2.00 bits per heavy atom. The van der Waals surface area contributed by atoms with Gasteiger partial charge in [-0.1, -0.05) is 6.07 Å². The van der Waals surface area contributed by atoms with Crippen LogP contribution in [0.2, 0.25) is 0 Å². The number of hydrogen-bond acceptors (Lipinski definition) is 3. The lowest BCUT2D eigenvalue weighted by Crippen LogP contribution is -2.41. The summed E-state index contributed by atoms with van der Waals surface area (Å²) in [4.78, 5) is 11.0. The van der Waals surface area contributed by atoms with Gasteiger partial charge in [0.15, 0.2) is 0 Å². The van der Waals surface area contributed by atoms with Crippen molar-refractivity contribution in [3.8, 4) is 0 Å². The quantitative estimate of drug-likeness (QED) is 0.877. The van der Waals surface area contributed by atoms with Crippen LogP contribution in [0.1, 0.15) is 22.3 Å². The Morgan fingerprint density at radius 3 is 2.47 bits per heavy atom. The molecule has 0 spiro atoms. The standard InChI is InChI=1S/C11H13NO4S/c1-8-3-4-9(7-10(8)11(13)14)17(15,16)12-5-2-6-12/h3-4,7H,2,5-6H2,1H3,(H,13,14). The number of hydrogen-bond donors (Lipinski definition) is 1. The largest absolute Gasteiger partial charge is 0.478 e. The van der Waals surface area contributed by atoms with Gasteiger partial charge in [-0.3, -0.25) is 0 Å². The van der Waals surface area contributed by atoms with Gasteiger partial charge in [0.25, 0.3) is 0 Å². The van der Waals surface area contributed by atoms with E-state index in [0.29, 0.717) is 18.7 Å². The number of sulfonamides is 1. The van der Waals surface area contributed by atoms with Gasteiger partial charge in [-0.15, -0.1) is 0 Å². The van der Waals surface area contributed by atoms with Crippen LogP contribution in [-0.2, 0) is 10.0 Å². The minimum Gasteiger partial charge on any atom is -0.478 e. The summed E-state index contributed by atoms with van der Waals surface area (Å²) in [6.45, 7) is 2.67. The van der Waals surface area contributed by atoms with E-state index in [1.54, 1.807) is 6.92 Å². The molecule has 2 rings (SSSR count). The summed E-state index contributed by atoms with van der Waals surface area (Å²) < 4.78 is 25.4. The van der Waals surface area contributed by atoms with E-state index in [-0.39, 0.29) is 10.5 Å². The number of carboxylic acids is 1. The lowest BCUT2D eigenvalue weighted by Gasteiger charge is -2.29. The molecule has 1 aromatic rings. The van der Waals surface area contributed by atoms with Gasteiger partial charge in [0.05, 0.1) is 10.5 Å². The van der Waals surface area contributed by atoms with Crippen LogP contribution in [0.15, 0.2) is 23.1 Å². The molecule has 0 aromatic heterocycles. The molecule has 0 unspecified atom stereocenters. The fraction of sp³-hybridized carbons (Fsp3) is 0.364. The van der Waals surface area contributed by atoms with Crippen LogP contribution in [-0.4, -0.2) is 36.9 Å². The Bertz CT molecular complexity index is 561. The molecule has 5 nitrogen and oxygen atoms in total. The third-order valence-corrected chi connectivity index (χ3v) is 4.79. The second-order valence-corrected chi connectivity index (χ2v) is 5.98. The fourth-order valence-electron chi connectivity index (χ4n) is 1.67. The Kier molecular flexibility index (Phi) is 2.92. The maximum atomic E-state index is 12.0. The molecule has 0 amide bonds. The lowest BCUT2D eigenvalue weighted by molar-refractivity contribution is 0.0696. The number of rotatable bonds is 3. The molecular weight excluding hydrogens is 242 g/mol. The molecule has 0 atom stereocenters. The van der Waals surface area contributed by atoms with Crippen molar-refractivity contribution in [1.82, 2.24) is 4.31 Å². The zero-order valence-corrected chi connectivity index (χ0v) is 10.2. The molecule has 0 aliphatic carbocycles. The first-order valence-corrected chi connectivity index (χ1v) is 6.71. The monoisotopic (exact) mass is 255 g/mol. The second-order valence-electron chi connectivity index (χ2n) is 4.04. The van der Waals surface area contributed by atoms with E-state index in [1.807, 2.05) is 0 Å². The molecule has 1 aromatic carbocycles. The third-order valence-electron chi connectivity index (χ3n) is 2.89. The van der Waals surface area contributed by atoms with Gasteiger partial charge in [-0.05, 0) is 31.0 Å². The molecular formula is C11H13NO4S. The van der Waals surface area contributed by atoms with E-state index in [0.717, 1.165) is 6.42 Å². The molecule has 1 N–H and O–H groups in total. The van der Waals surface area contributed by atoms with Gasteiger partial charge in [-0.2, -0.15) is 4.31 Å². The Balaban J connectivity index is 2.46. The number of benzene rings is 1. The number of carboxylic acid groups (broad SMARTS) is 1. The normalized spacial score (nSPS) is 16.5. The number of aryl methyl sites for hydroxylation is 1. The lowest BCUT2D eigenvalue weighted by atomic mass is 10.1. The van der Waals surface area contributed by atoms with E-state index in [2.05, 4.69) is 0 Å². The molecule has 1 aliphatic rings. The molecule has 0 saturated carbocycles. The van der Waals surface area contributed by atoms with Crippen LogP contribution in [0.4, 0.5) is 0 Å². The highest BCUT2D eigenvalue weighted by molar-refractivity contribution is 7.89. The van der Waals surface area contributed by atoms with Crippen molar-refractivity contribution in [3.05, 3.63) is 29.3 Å². The van der Waals surface area contributed by atoms with Crippen LogP contribution in [0.3, 0.4) is 0 Å². The van der Waals surface area contributed by atoms with Gasteiger partial charge in [-0.25, -0.2) is 13.2 Å². The first kappa shape index (κ1) is 12.1. The van der Waals surface area contributed by atoms with Crippen molar-refractivity contribution in [2.45, 2.75) is 18.2 Å². The maximum absolute atomic E-state index is 12.0. The molecule has 6 heteroatoms. The highest BCUT2D eigenvalue weighted by atomic mass is 32.2. The predicted octanol–water partition coefficient (Wildman–Crippen LogP) is 1.09. The van der Waals surface area contributed by atoms with Gasteiger partial charge in [0, 0.05) is 13.1 Å². The summed E-state index contributed by atoms with van der Waals surface area (Å²) in [7, 11) is -3.51. The molecule has 1 aliphatic heterocycles. The summed E-state index contributed by atoms with van der Waals surface area (Å²) in [5, 5.41) is 8.96. The van der Waals surface area contributed by atoms with Crippen molar-refractivity contribution in [3.63, 3.8) is 0 Å². The zero-order chi connectivity index (χ0) is 12.6. The first-order chi connectivity index (χ1) is 7.93. The number of aromatic carboxylic acids is 1. The minimum atomic E-state index is -3.51. The Morgan fingerprint density at radius 1 is 1.35 bits per heavy atom. The average molecular weight is 255 g/mol. The minimum absolute atomic E-state index is 0.0339. The summed E-state index contributed by atoms with van der Waals surface area (Å²) >= 11 is 0. The third kappa shape index (κ3) is 2.05. The van der Waals surface area contributed by atoms with Crippen LogP contribution < -0.4 is 0 Å². The van der Waals surface area contributed by atoms with E-state index in [9.17, 15) is 13.2 Å². The summed E-state index contributed by atoms with van der Waals surface area (Å²) in [5.41, 5.74) is 0.589. The topological polar surface area (TPSA) is 74.7 Å². The van der Waals surface area contributed by atoms with Gasteiger partial charge in [0.1, 0.15) is 0 Å². The number of carbonyl (C=O) groups is 1. The molecule has 0 bridgehead atoms. The van der Waals surface area contributed by atoms with E-state index >= 15 is 0 Å². The average Bonchev–Trinajstić information content (AvgIpc) is 2.13. The SMILES string of the molecule is Cc1ccc(S(=O)(=O)N2CCC2)cc1C(=O)O. The molecule has 1 fully saturated rings. The van der Waals surface area contributed by atoms with E-state index in [4.69, 9.17) is 5.11 Å². The van der Waals surface area contributed by atoms with Crippen LogP contribution in [0, 0.1) is 6.92 Å². The Labute approximate surface area is 99.7 Å². The Hall–Kier alpha value is -1.40. The molecule has 0 radical (unpaired) electrons. The van der Waals surface area contributed by atoms with Gasteiger partial charge in [0.2, 0.25) is 10.0 Å². The molecule has 1 heterocycles. The van der Waals surface area contributed by atoms with Gasteiger partial charge >= 0.3 is 5.97 Å². The second kappa shape index (κ2) is 4.12. The molecule has 92 valence electrons. The fourth-order valence-corrected chi connectivity index (χ4v) is 3.21. The van der Waals surface area contributed by atoms with Crippen molar-refractivity contribution in [1.29, 1.82) is 0 Å². The van der Waals surface area contributed by atoms with Crippen molar-refractivity contribution in [2.75, 3.05) is 13.1 Å². The van der Waals surface area contributed by atoms with E-state index in [1.165, 1.54) is 22.5 Å². The molecule has 17 heavy (non-hydrogen) atoms. The zero-order valence-electron chi connectivity index (χ0n) is 9.38. The van der Waals surface area contributed by atoms with Crippen LogP contribution in [0.5, 0.6) is 0 Å². The van der Waals surface area contributed by atoms with E-state index < -0.39 is 16.0 Å². The maximum Gasteiger partial charge on any atom is 0.335 e. The first-order valence-electron chi connectivity index (χ1n) is 5.27. The van der Waals surface area contributed by atoms with Crippen molar-refractivity contribution < 1.29 is 18.3 Å². The summed E-state index contributed by atoms with van der Waals surface area (Å²) in [5.74, 6) is -1.11. The summed E-state index contributed by atoms with van der Waals surface area (Å²) in [6.07, 6.45) is 0.858. The van der Waals surface area contributed by atoms with Crippen molar-refractivity contribution >= 4 is 16.0 Å². The summed E-state index contributed by atoms with van der Waals surface area (Å²) in [6, 6.07) is 4.21. The molecule has 1 saturated heterocycles. The van der Waals surface area contributed by atoms with Gasteiger partial charge < -0.3 is 5.11 Å². The van der Waals surface area contributed by atoms with Crippen molar-refractivity contribution in [2.24, 2.45) is 0 Å². The highest BCUT2D eigenvalue weighted by Gasteiger charge is 2.29. The van der Waals surface area contributed by atoms with Crippen LogP contribution in [0.25, 0.3) is 0 Å². The smallest absolute Gasteiger partial charge is 0.335 e. The highest BCUT2D eigenvalue weighted by Crippen LogP contribution is 2.23.